The number of thiocarbonyl (C=S) groups is 1. The molecule has 3 rings (SSSR count). The van der Waals surface area contributed by atoms with E-state index in [2.05, 4.69) is 34.5 Å². The molecule has 2 aliphatic rings. The maximum Gasteiger partial charge on any atom is 0.169 e. The van der Waals surface area contributed by atoms with Gasteiger partial charge in [-0.3, -0.25) is 0 Å². The molecule has 0 radical (unpaired) electrons. The molecular weight excluding hydrogens is 344 g/mol. The second kappa shape index (κ2) is 9.93. The molecule has 5 heteroatoms. The highest BCUT2D eigenvalue weighted by atomic mass is 32.1. The molecule has 0 spiro atoms. The number of benzene rings is 1. The molecule has 0 aromatic heterocycles. The van der Waals surface area contributed by atoms with Crippen molar-refractivity contribution in [1.29, 1.82) is 0 Å². The van der Waals surface area contributed by atoms with Gasteiger partial charge in [0.15, 0.2) is 5.11 Å². The summed E-state index contributed by atoms with van der Waals surface area (Å²) in [6.45, 7) is 3.50. The largest absolute Gasteiger partial charge is 0.497 e. The van der Waals surface area contributed by atoms with Crippen molar-refractivity contribution in [2.24, 2.45) is 5.92 Å². The Hall–Kier alpha value is -1.59. The molecule has 1 aliphatic carbocycles. The van der Waals surface area contributed by atoms with Gasteiger partial charge in [0.05, 0.1) is 13.2 Å². The molecule has 4 nitrogen and oxygen atoms in total. The summed E-state index contributed by atoms with van der Waals surface area (Å²) in [5, 5.41) is 4.29. The van der Waals surface area contributed by atoms with Crippen molar-refractivity contribution in [2.45, 2.75) is 44.8 Å². The Labute approximate surface area is 162 Å². The minimum Gasteiger partial charge on any atom is -0.497 e. The van der Waals surface area contributed by atoms with Gasteiger partial charge >= 0.3 is 0 Å². The van der Waals surface area contributed by atoms with E-state index in [4.69, 9.17) is 21.7 Å². The van der Waals surface area contributed by atoms with Crippen LogP contribution < -0.4 is 10.1 Å². The summed E-state index contributed by atoms with van der Waals surface area (Å²) in [5.74, 6) is 1.55. The Balaban J connectivity index is 1.60. The van der Waals surface area contributed by atoms with Crippen molar-refractivity contribution in [3.8, 4) is 5.75 Å². The van der Waals surface area contributed by atoms with Crippen LogP contribution in [-0.4, -0.2) is 42.9 Å². The Bertz CT molecular complexity index is 597. The molecule has 1 fully saturated rings. The van der Waals surface area contributed by atoms with Gasteiger partial charge in [0.1, 0.15) is 5.75 Å². The fourth-order valence-corrected chi connectivity index (χ4v) is 3.85. The zero-order valence-corrected chi connectivity index (χ0v) is 16.5. The monoisotopic (exact) mass is 374 g/mol. The predicted molar refractivity (Wildman–Crippen MR) is 109 cm³/mol. The summed E-state index contributed by atoms with van der Waals surface area (Å²) in [5.41, 5.74) is 1.25. The van der Waals surface area contributed by atoms with E-state index in [9.17, 15) is 0 Å². The number of nitrogens with one attached hydrogen (secondary N) is 1. The van der Waals surface area contributed by atoms with E-state index < -0.39 is 0 Å². The Morgan fingerprint density at radius 1 is 1.27 bits per heavy atom. The minimum absolute atomic E-state index is 0.299. The van der Waals surface area contributed by atoms with E-state index in [1.54, 1.807) is 7.11 Å². The molecule has 1 N–H and O–H groups in total. The fraction of sp³-hybridized carbons (Fsp3) is 0.571. The standard InChI is InChI=1S/C21H30N2O2S/c1-24-19-11-9-18(10-12-19)16-23(15-17-6-3-2-4-7-17)21(26)22-14-20-8-5-13-25-20/h2-3,9-12,17,20H,4-8,13-16H2,1H3,(H,22,26)/t17-,20+/m1/s1. The van der Waals surface area contributed by atoms with E-state index in [1.165, 1.54) is 18.4 Å². The average molecular weight is 375 g/mol. The van der Waals surface area contributed by atoms with Gasteiger partial charge in [0.25, 0.3) is 0 Å². The van der Waals surface area contributed by atoms with Crippen LogP contribution in [0.2, 0.25) is 0 Å². The van der Waals surface area contributed by atoms with Crippen LogP contribution >= 0.6 is 12.2 Å². The molecule has 2 atom stereocenters. The van der Waals surface area contributed by atoms with Gasteiger partial charge in [-0.05, 0) is 67.9 Å². The molecule has 1 aromatic carbocycles. The van der Waals surface area contributed by atoms with Crippen LogP contribution in [0, 0.1) is 5.92 Å². The van der Waals surface area contributed by atoms with Crippen LogP contribution in [0.1, 0.15) is 37.7 Å². The van der Waals surface area contributed by atoms with E-state index in [-0.39, 0.29) is 0 Å². The van der Waals surface area contributed by atoms with Crippen molar-refractivity contribution < 1.29 is 9.47 Å². The first-order valence-corrected chi connectivity index (χ1v) is 10.1. The third-order valence-corrected chi connectivity index (χ3v) is 5.58. The molecule has 0 bridgehead atoms. The van der Waals surface area contributed by atoms with E-state index in [0.717, 1.165) is 56.4 Å². The van der Waals surface area contributed by atoms with Gasteiger partial charge < -0.3 is 19.7 Å². The maximum atomic E-state index is 5.74. The number of ether oxygens (including phenoxy) is 2. The lowest BCUT2D eigenvalue weighted by atomic mass is 9.94. The zero-order valence-electron chi connectivity index (χ0n) is 15.7. The summed E-state index contributed by atoms with van der Waals surface area (Å²) in [4.78, 5) is 2.32. The third-order valence-electron chi connectivity index (χ3n) is 5.18. The molecular formula is C21H30N2O2S. The number of hydrogen-bond donors (Lipinski definition) is 1. The van der Waals surface area contributed by atoms with Crippen molar-refractivity contribution >= 4 is 17.3 Å². The second-order valence-electron chi connectivity index (χ2n) is 7.20. The Morgan fingerprint density at radius 2 is 2.12 bits per heavy atom. The number of rotatable bonds is 7. The lowest BCUT2D eigenvalue weighted by Gasteiger charge is -2.31. The molecule has 1 heterocycles. The van der Waals surface area contributed by atoms with Crippen LogP contribution in [0.4, 0.5) is 0 Å². The van der Waals surface area contributed by atoms with Gasteiger partial charge in [-0.2, -0.15) is 0 Å². The molecule has 0 unspecified atom stereocenters. The summed E-state index contributed by atoms with van der Waals surface area (Å²) in [6.07, 6.45) is 10.7. The molecule has 0 amide bonds. The van der Waals surface area contributed by atoms with Crippen molar-refractivity contribution in [3.63, 3.8) is 0 Å². The van der Waals surface area contributed by atoms with Crippen molar-refractivity contribution in [3.05, 3.63) is 42.0 Å². The molecule has 1 aromatic rings. The Kier molecular flexibility index (Phi) is 7.32. The topological polar surface area (TPSA) is 33.7 Å². The summed E-state index contributed by atoms with van der Waals surface area (Å²) in [7, 11) is 1.70. The summed E-state index contributed by atoms with van der Waals surface area (Å²) in [6, 6.07) is 8.27. The maximum absolute atomic E-state index is 5.74. The van der Waals surface area contributed by atoms with Crippen LogP contribution in [-0.2, 0) is 11.3 Å². The van der Waals surface area contributed by atoms with Gasteiger partial charge in [-0.25, -0.2) is 0 Å². The van der Waals surface area contributed by atoms with Crippen LogP contribution in [0.15, 0.2) is 36.4 Å². The molecule has 142 valence electrons. The van der Waals surface area contributed by atoms with Crippen LogP contribution in [0.5, 0.6) is 5.75 Å². The van der Waals surface area contributed by atoms with Crippen LogP contribution in [0.25, 0.3) is 0 Å². The lowest BCUT2D eigenvalue weighted by Crippen LogP contribution is -2.44. The van der Waals surface area contributed by atoms with E-state index >= 15 is 0 Å². The molecule has 1 saturated heterocycles. The molecule has 0 saturated carbocycles. The second-order valence-corrected chi connectivity index (χ2v) is 7.59. The van der Waals surface area contributed by atoms with E-state index in [1.807, 2.05) is 12.1 Å². The van der Waals surface area contributed by atoms with Gasteiger partial charge in [0, 0.05) is 26.2 Å². The van der Waals surface area contributed by atoms with E-state index in [0.29, 0.717) is 12.0 Å². The summed E-state index contributed by atoms with van der Waals surface area (Å²) < 4.78 is 11.0. The predicted octanol–water partition coefficient (Wildman–Crippen LogP) is 3.91. The van der Waals surface area contributed by atoms with Gasteiger partial charge in [-0.15, -0.1) is 0 Å². The first-order chi connectivity index (χ1) is 12.7. The first-order valence-electron chi connectivity index (χ1n) is 9.67. The van der Waals surface area contributed by atoms with Gasteiger partial charge in [-0.1, -0.05) is 24.3 Å². The minimum atomic E-state index is 0.299. The number of methoxy groups -OCH3 is 1. The lowest BCUT2D eigenvalue weighted by molar-refractivity contribution is 0.113. The number of nitrogens with zero attached hydrogens (tertiary/aromatic N) is 1. The average Bonchev–Trinajstić information content (AvgIpc) is 3.20. The fourth-order valence-electron chi connectivity index (χ4n) is 3.62. The quantitative estimate of drug-likeness (QED) is 0.578. The normalized spacial score (nSPS) is 22.2. The van der Waals surface area contributed by atoms with Crippen molar-refractivity contribution in [1.82, 2.24) is 10.2 Å². The Morgan fingerprint density at radius 3 is 2.77 bits per heavy atom. The zero-order chi connectivity index (χ0) is 18.2. The molecule has 1 aliphatic heterocycles. The van der Waals surface area contributed by atoms with Crippen LogP contribution in [0.3, 0.4) is 0 Å². The number of hydrogen-bond acceptors (Lipinski definition) is 3. The molecule has 26 heavy (non-hydrogen) atoms. The highest BCUT2D eigenvalue weighted by Gasteiger charge is 2.20. The highest BCUT2D eigenvalue weighted by molar-refractivity contribution is 7.80. The smallest absolute Gasteiger partial charge is 0.169 e. The highest BCUT2D eigenvalue weighted by Crippen LogP contribution is 2.21. The first kappa shape index (κ1) is 19.2. The van der Waals surface area contributed by atoms with Gasteiger partial charge in [0.2, 0.25) is 0 Å². The number of allylic oxidation sites excluding steroid dienone is 2. The third kappa shape index (κ3) is 5.71. The SMILES string of the molecule is COc1ccc(CN(C[C@@H]2CC=CCC2)C(=S)NC[C@@H]2CCCO2)cc1. The summed E-state index contributed by atoms with van der Waals surface area (Å²) >= 11 is 5.74. The van der Waals surface area contributed by atoms with Crippen molar-refractivity contribution in [2.75, 3.05) is 26.8 Å².